The number of hydrogen-bond acceptors (Lipinski definition) is 2. The lowest BCUT2D eigenvalue weighted by Crippen LogP contribution is -2.07. The normalized spacial score (nSPS) is 11.9. The molecule has 0 amide bonds. The summed E-state index contributed by atoms with van der Waals surface area (Å²) in [4.78, 5) is 10.2. The third-order valence-corrected chi connectivity index (χ3v) is 2.92. The van der Waals surface area contributed by atoms with Gasteiger partial charge in [0.05, 0.1) is 11.9 Å². The minimum absolute atomic E-state index is 0.388. The van der Waals surface area contributed by atoms with E-state index in [2.05, 4.69) is 9.98 Å². The zero-order valence-electron chi connectivity index (χ0n) is 12.5. The van der Waals surface area contributed by atoms with Gasteiger partial charge >= 0.3 is 6.18 Å². The molecule has 3 nitrogen and oxygen atoms in total. The summed E-state index contributed by atoms with van der Waals surface area (Å²) in [5.41, 5.74) is 1.19. The van der Waals surface area contributed by atoms with Crippen molar-refractivity contribution in [3.05, 3.63) is 47.7 Å². The summed E-state index contributed by atoms with van der Waals surface area (Å²) in [7, 11) is 3.61. The van der Waals surface area contributed by atoms with E-state index in [1.807, 2.05) is 21.0 Å². The summed E-state index contributed by atoms with van der Waals surface area (Å²) in [6.45, 7) is 1.84. The molecule has 0 unspecified atom stereocenters. The third-order valence-electron chi connectivity index (χ3n) is 2.92. The molecule has 0 aliphatic rings. The van der Waals surface area contributed by atoms with Gasteiger partial charge in [-0.25, -0.2) is 9.98 Å². The minimum atomic E-state index is -4.37. The molecule has 1 heterocycles. The lowest BCUT2D eigenvalue weighted by molar-refractivity contribution is -0.137. The molecule has 0 saturated heterocycles. The Hall–Kier alpha value is -2.37. The van der Waals surface area contributed by atoms with Crippen LogP contribution in [-0.4, -0.2) is 30.3 Å². The highest BCUT2D eigenvalue weighted by molar-refractivity contribution is 5.77. The number of aryl methyl sites for hydroxylation is 1. The fourth-order valence-electron chi connectivity index (χ4n) is 1.91. The van der Waals surface area contributed by atoms with Crippen molar-refractivity contribution >= 4 is 12.2 Å². The van der Waals surface area contributed by atoms with Crippen LogP contribution in [0.25, 0.3) is 11.1 Å². The second kappa shape index (κ2) is 6.17. The smallest absolute Gasteiger partial charge is 0.369 e. The van der Waals surface area contributed by atoms with Crippen molar-refractivity contribution in [2.75, 3.05) is 14.1 Å². The van der Waals surface area contributed by atoms with Gasteiger partial charge < -0.3 is 4.90 Å². The van der Waals surface area contributed by atoms with Gasteiger partial charge in [-0.15, -0.1) is 0 Å². The van der Waals surface area contributed by atoms with E-state index in [9.17, 15) is 13.2 Å². The molecule has 1 aromatic carbocycles. The summed E-state index contributed by atoms with van der Waals surface area (Å²) in [6.07, 6.45) is -1.17. The van der Waals surface area contributed by atoms with Crippen LogP contribution in [0.1, 0.15) is 11.1 Å². The molecular formula is C16H16F3N3. The Bertz CT molecular complexity index is 691. The van der Waals surface area contributed by atoms with E-state index in [4.69, 9.17) is 0 Å². The largest absolute Gasteiger partial charge is 0.416 e. The first kappa shape index (κ1) is 16.0. The molecule has 0 N–H and O–H groups in total. The van der Waals surface area contributed by atoms with Gasteiger partial charge in [0.2, 0.25) is 0 Å². The number of aromatic nitrogens is 1. The Kier molecular flexibility index (Phi) is 4.49. The van der Waals surface area contributed by atoms with Crippen LogP contribution in [-0.2, 0) is 6.18 Å². The van der Waals surface area contributed by atoms with Crippen LogP contribution < -0.4 is 0 Å². The Morgan fingerprint density at radius 3 is 2.55 bits per heavy atom. The molecule has 2 aromatic rings. The van der Waals surface area contributed by atoms with Crippen LogP contribution in [0.3, 0.4) is 0 Å². The third kappa shape index (κ3) is 3.84. The van der Waals surface area contributed by atoms with Crippen LogP contribution in [0.2, 0.25) is 0 Å². The van der Waals surface area contributed by atoms with E-state index in [1.54, 1.807) is 29.6 Å². The number of benzene rings is 1. The molecule has 0 bridgehead atoms. The zero-order chi connectivity index (χ0) is 16.3. The maximum absolute atomic E-state index is 12.9. The molecular weight excluding hydrogens is 291 g/mol. The van der Waals surface area contributed by atoms with Crippen molar-refractivity contribution in [2.24, 2.45) is 4.99 Å². The van der Waals surface area contributed by atoms with Gasteiger partial charge in [0.25, 0.3) is 0 Å². The van der Waals surface area contributed by atoms with Crippen LogP contribution in [0.4, 0.5) is 19.0 Å². The number of pyridine rings is 1. The van der Waals surface area contributed by atoms with E-state index in [0.717, 1.165) is 17.7 Å². The minimum Gasteiger partial charge on any atom is -0.369 e. The Labute approximate surface area is 127 Å². The Morgan fingerprint density at radius 1 is 1.18 bits per heavy atom. The molecule has 0 saturated carbocycles. The molecule has 0 aliphatic carbocycles. The van der Waals surface area contributed by atoms with Crippen molar-refractivity contribution in [3.8, 4) is 11.1 Å². The molecule has 0 spiro atoms. The SMILES string of the molecule is Cc1cnc(N=CN(C)C)c(-c2cccc(C(F)(F)F)c2)c1. The highest BCUT2D eigenvalue weighted by Crippen LogP contribution is 2.34. The van der Waals surface area contributed by atoms with Gasteiger partial charge in [-0.05, 0) is 36.2 Å². The topological polar surface area (TPSA) is 28.5 Å². The molecule has 6 heteroatoms. The Morgan fingerprint density at radius 2 is 1.91 bits per heavy atom. The fourth-order valence-corrected chi connectivity index (χ4v) is 1.91. The maximum atomic E-state index is 12.9. The monoisotopic (exact) mass is 307 g/mol. The average Bonchev–Trinajstić information content (AvgIpc) is 2.45. The van der Waals surface area contributed by atoms with E-state index >= 15 is 0 Å². The van der Waals surface area contributed by atoms with Crippen LogP contribution in [0.15, 0.2) is 41.5 Å². The maximum Gasteiger partial charge on any atom is 0.416 e. The van der Waals surface area contributed by atoms with E-state index in [0.29, 0.717) is 16.9 Å². The van der Waals surface area contributed by atoms with Crippen molar-refractivity contribution in [3.63, 3.8) is 0 Å². The van der Waals surface area contributed by atoms with Gasteiger partial charge in [-0.2, -0.15) is 13.2 Å². The number of nitrogens with zero attached hydrogens (tertiary/aromatic N) is 3. The highest BCUT2D eigenvalue weighted by atomic mass is 19.4. The molecule has 0 radical (unpaired) electrons. The number of hydrogen-bond donors (Lipinski definition) is 0. The molecule has 1 aromatic heterocycles. The molecule has 22 heavy (non-hydrogen) atoms. The van der Waals surface area contributed by atoms with E-state index in [-0.39, 0.29) is 0 Å². The molecule has 0 fully saturated rings. The number of alkyl halides is 3. The van der Waals surface area contributed by atoms with Gasteiger partial charge in [-0.1, -0.05) is 12.1 Å². The summed E-state index contributed by atoms with van der Waals surface area (Å²) in [6, 6.07) is 6.96. The van der Waals surface area contributed by atoms with Crippen LogP contribution in [0.5, 0.6) is 0 Å². The van der Waals surface area contributed by atoms with Gasteiger partial charge in [-0.3, -0.25) is 0 Å². The first-order chi connectivity index (χ1) is 10.3. The number of halogens is 3. The predicted molar refractivity (Wildman–Crippen MR) is 81.3 cm³/mol. The molecule has 2 rings (SSSR count). The second-order valence-electron chi connectivity index (χ2n) is 5.17. The summed E-state index contributed by atoms with van der Waals surface area (Å²) >= 11 is 0. The Balaban J connectivity index is 2.54. The summed E-state index contributed by atoms with van der Waals surface area (Å²) in [5.74, 6) is 0.388. The lowest BCUT2D eigenvalue weighted by atomic mass is 10.0. The van der Waals surface area contributed by atoms with Gasteiger partial charge in [0.1, 0.15) is 0 Å². The number of aliphatic imine (C=N–C) groups is 1. The number of rotatable bonds is 3. The standard InChI is InChI=1S/C16H16F3N3/c1-11-7-14(15(20-9-11)21-10-22(2)3)12-5-4-6-13(8-12)16(17,18)19/h4-10H,1-3H3. The molecule has 0 atom stereocenters. The van der Waals surface area contributed by atoms with Gasteiger partial charge in [0, 0.05) is 25.9 Å². The first-order valence-electron chi connectivity index (χ1n) is 6.62. The average molecular weight is 307 g/mol. The van der Waals surface area contributed by atoms with Crippen LogP contribution >= 0.6 is 0 Å². The summed E-state index contributed by atoms with van der Waals surface area (Å²) < 4.78 is 38.6. The van der Waals surface area contributed by atoms with Crippen LogP contribution in [0, 0.1) is 6.92 Å². The van der Waals surface area contributed by atoms with Crippen molar-refractivity contribution in [1.29, 1.82) is 0 Å². The first-order valence-corrected chi connectivity index (χ1v) is 6.62. The summed E-state index contributed by atoms with van der Waals surface area (Å²) in [5, 5.41) is 0. The zero-order valence-corrected chi connectivity index (χ0v) is 12.5. The highest BCUT2D eigenvalue weighted by Gasteiger charge is 2.30. The second-order valence-corrected chi connectivity index (χ2v) is 5.17. The van der Waals surface area contributed by atoms with E-state index < -0.39 is 11.7 Å². The van der Waals surface area contributed by atoms with Crippen molar-refractivity contribution in [2.45, 2.75) is 13.1 Å². The molecule has 0 aliphatic heterocycles. The fraction of sp³-hybridized carbons (Fsp3) is 0.250. The van der Waals surface area contributed by atoms with Crippen molar-refractivity contribution in [1.82, 2.24) is 9.88 Å². The lowest BCUT2D eigenvalue weighted by Gasteiger charge is -2.11. The van der Waals surface area contributed by atoms with Crippen molar-refractivity contribution < 1.29 is 13.2 Å². The predicted octanol–water partition coefficient (Wildman–Crippen LogP) is 4.30. The quantitative estimate of drug-likeness (QED) is 0.625. The molecule has 116 valence electrons. The van der Waals surface area contributed by atoms with E-state index in [1.165, 1.54) is 6.07 Å². The van der Waals surface area contributed by atoms with Gasteiger partial charge in [0.15, 0.2) is 5.82 Å².